The lowest BCUT2D eigenvalue weighted by Crippen LogP contribution is -2.27. The molecule has 0 saturated carbocycles. The first kappa shape index (κ1) is 14.1. The Bertz CT molecular complexity index is 143. The van der Waals surface area contributed by atoms with Gasteiger partial charge in [-0.2, -0.15) is 0 Å². The predicted octanol–water partition coefficient (Wildman–Crippen LogP) is 2.81. The third-order valence-corrected chi connectivity index (χ3v) is 3.05. The fraction of sp³-hybridized carbons (Fsp3) is 1.00. The lowest BCUT2D eigenvalue weighted by Gasteiger charge is -2.16. The Labute approximate surface area is 90.3 Å². The van der Waals surface area contributed by atoms with Crippen LogP contribution in [0.15, 0.2) is 0 Å². The third kappa shape index (κ3) is 7.47. The highest BCUT2D eigenvalue weighted by atomic mass is 32.2. The molecular weight excluding hydrogens is 198 g/mol. The van der Waals surface area contributed by atoms with Crippen molar-refractivity contribution in [1.82, 2.24) is 4.31 Å². The van der Waals surface area contributed by atoms with E-state index in [1.54, 1.807) is 4.31 Å². The van der Waals surface area contributed by atoms with Crippen LogP contribution >= 0.6 is 0 Å². The van der Waals surface area contributed by atoms with Crippen LogP contribution in [0.5, 0.6) is 0 Å². The van der Waals surface area contributed by atoms with Crippen LogP contribution in [0.2, 0.25) is 0 Å². The van der Waals surface area contributed by atoms with Crippen molar-refractivity contribution in [3.05, 3.63) is 0 Å². The van der Waals surface area contributed by atoms with E-state index in [4.69, 9.17) is 4.55 Å². The van der Waals surface area contributed by atoms with E-state index in [9.17, 15) is 4.21 Å². The van der Waals surface area contributed by atoms with Crippen LogP contribution in [0.4, 0.5) is 0 Å². The van der Waals surface area contributed by atoms with Crippen molar-refractivity contribution < 1.29 is 8.76 Å². The van der Waals surface area contributed by atoms with Gasteiger partial charge < -0.3 is 0 Å². The lowest BCUT2D eigenvalue weighted by molar-refractivity contribution is 0.377. The number of unbranched alkanes of at least 4 members (excludes halogenated alkanes) is 4. The molecular formula is C10H23NO2S. The van der Waals surface area contributed by atoms with Crippen molar-refractivity contribution in [2.75, 3.05) is 13.1 Å². The smallest absolute Gasteiger partial charge is 0.234 e. The van der Waals surface area contributed by atoms with Crippen LogP contribution in [0.1, 0.15) is 52.4 Å². The molecule has 0 radical (unpaired) electrons. The van der Waals surface area contributed by atoms with Gasteiger partial charge in [-0.05, 0) is 12.8 Å². The van der Waals surface area contributed by atoms with Gasteiger partial charge in [-0.15, -0.1) is 0 Å². The Kier molecular flexibility index (Phi) is 9.67. The lowest BCUT2D eigenvalue weighted by atomic mass is 10.2. The Morgan fingerprint density at radius 2 is 1.43 bits per heavy atom. The van der Waals surface area contributed by atoms with E-state index in [1.165, 1.54) is 0 Å². The maximum atomic E-state index is 10.9. The molecule has 0 aromatic rings. The summed E-state index contributed by atoms with van der Waals surface area (Å²) in [6.45, 7) is 5.77. The van der Waals surface area contributed by atoms with Crippen LogP contribution in [-0.4, -0.2) is 26.2 Å². The van der Waals surface area contributed by atoms with Gasteiger partial charge in [0.05, 0.1) is 0 Å². The SMILES string of the molecule is CCCCCN(CCCCC)S(=O)O. The number of hydrogen-bond acceptors (Lipinski definition) is 1. The fourth-order valence-electron chi connectivity index (χ4n) is 1.34. The van der Waals surface area contributed by atoms with Gasteiger partial charge in [0, 0.05) is 13.1 Å². The predicted molar refractivity (Wildman–Crippen MR) is 61.4 cm³/mol. The molecule has 1 unspecified atom stereocenters. The Morgan fingerprint density at radius 1 is 1.00 bits per heavy atom. The van der Waals surface area contributed by atoms with E-state index in [1.807, 2.05) is 0 Å². The normalized spacial score (nSPS) is 13.4. The Morgan fingerprint density at radius 3 is 1.71 bits per heavy atom. The molecule has 0 aliphatic carbocycles. The number of rotatable bonds is 9. The fourth-order valence-corrected chi connectivity index (χ4v) is 1.91. The Hall–Kier alpha value is 0.0700. The van der Waals surface area contributed by atoms with Gasteiger partial charge >= 0.3 is 0 Å². The largest absolute Gasteiger partial charge is 0.294 e. The average Bonchev–Trinajstić information content (AvgIpc) is 2.15. The van der Waals surface area contributed by atoms with Crippen molar-refractivity contribution in [2.45, 2.75) is 52.4 Å². The third-order valence-electron chi connectivity index (χ3n) is 2.24. The summed E-state index contributed by atoms with van der Waals surface area (Å²) in [5.74, 6) is 0. The summed E-state index contributed by atoms with van der Waals surface area (Å²) in [7, 11) is 0. The van der Waals surface area contributed by atoms with Crippen LogP contribution < -0.4 is 0 Å². The zero-order valence-corrected chi connectivity index (χ0v) is 10.2. The first-order valence-electron chi connectivity index (χ1n) is 5.58. The molecule has 0 saturated heterocycles. The zero-order valence-electron chi connectivity index (χ0n) is 9.37. The molecule has 4 heteroatoms. The van der Waals surface area contributed by atoms with Gasteiger partial charge in [0.15, 0.2) is 0 Å². The average molecular weight is 221 g/mol. The maximum absolute atomic E-state index is 10.9. The molecule has 0 bridgehead atoms. The monoisotopic (exact) mass is 221 g/mol. The molecule has 0 amide bonds. The molecule has 0 heterocycles. The highest BCUT2D eigenvalue weighted by Crippen LogP contribution is 2.03. The van der Waals surface area contributed by atoms with Crippen LogP contribution in [0, 0.1) is 0 Å². The van der Waals surface area contributed by atoms with Crippen molar-refractivity contribution >= 4 is 11.3 Å². The zero-order chi connectivity index (χ0) is 10.8. The minimum Gasteiger partial charge on any atom is -0.294 e. The standard InChI is InChI=1S/C10H23NO2S/c1-3-5-7-9-11(14(12)13)10-8-6-4-2/h3-10H2,1-2H3,(H,12,13). The second kappa shape index (κ2) is 9.62. The summed E-state index contributed by atoms with van der Waals surface area (Å²) in [4.78, 5) is 0. The van der Waals surface area contributed by atoms with Crippen LogP contribution in [-0.2, 0) is 11.3 Å². The van der Waals surface area contributed by atoms with E-state index in [-0.39, 0.29) is 0 Å². The maximum Gasteiger partial charge on any atom is 0.234 e. The van der Waals surface area contributed by atoms with E-state index < -0.39 is 11.3 Å². The van der Waals surface area contributed by atoms with Gasteiger partial charge in [0.25, 0.3) is 0 Å². The van der Waals surface area contributed by atoms with Gasteiger partial charge in [-0.25, -0.2) is 8.51 Å². The minimum atomic E-state index is -1.78. The van der Waals surface area contributed by atoms with Crippen molar-refractivity contribution in [1.29, 1.82) is 0 Å². The summed E-state index contributed by atoms with van der Waals surface area (Å²) in [6.07, 6.45) is 6.63. The van der Waals surface area contributed by atoms with Crippen molar-refractivity contribution in [3.63, 3.8) is 0 Å². The highest BCUT2D eigenvalue weighted by molar-refractivity contribution is 7.76. The van der Waals surface area contributed by atoms with E-state index in [2.05, 4.69) is 13.8 Å². The van der Waals surface area contributed by atoms with Crippen LogP contribution in [0.25, 0.3) is 0 Å². The van der Waals surface area contributed by atoms with Crippen molar-refractivity contribution in [2.24, 2.45) is 0 Å². The molecule has 86 valence electrons. The molecule has 1 atom stereocenters. The van der Waals surface area contributed by atoms with E-state index in [0.717, 1.165) is 51.6 Å². The van der Waals surface area contributed by atoms with Gasteiger partial charge in [-0.1, -0.05) is 39.5 Å². The molecule has 0 rings (SSSR count). The minimum absolute atomic E-state index is 0.751. The van der Waals surface area contributed by atoms with Gasteiger partial charge in [0.2, 0.25) is 11.3 Å². The molecule has 0 aromatic heterocycles. The molecule has 0 aliphatic rings. The van der Waals surface area contributed by atoms with Gasteiger partial charge in [-0.3, -0.25) is 4.55 Å². The number of hydrogen-bond donors (Lipinski definition) is 1. The first-order chi connectivity index (χ1) is 6.72. The summed E-state index contributed by atoms with van der Waals surface area (Å²) >= 11 is -1.78. The van der Waals surface area contributed by atoms with Crippen LogP contribution in [0.3, 0.4) is 0 Å². The summed E-state index contributed by atoms with van der Waals surface area (Å²) in [5.41, 5.74) is 0. The molecule has 3 nitrogen and oxygen atoms in total. The van der Waals surface area contributed by atoms with E-state index in [0.29, 0.717) is 0 Å². The summed E-state index contributed by atoms with van der Waals surface area (Å²) < 4.78 is 21.6. The molecule has 14 heavy (non-hydrogen) atoms. The topological polar surface area (TPSA) is 40.5 Å². The summed E-state index contributed by atoms with van der Waals surface area (Å²) in [6, 6.07) is 0. The second-order valence-electron chi connectivity index (χ2n) is 3.57. The molecule has 0 fully saturated rings. The quantitative estimate of drug-likeness (QED) is 0.480. The summed E-state index contributed by atoms with van der Waals surface area (Å²) in [5, 5.41) is 0. The van der Waals surface area contributed by atoms with Crippen molar-refractivity contribution in [3.8, 4) is 0 Å². The number of nitrogens with zero attached hydrogens (tertiary/aromatic N) is 1. The first-order valence-corrected chi connectivity index (χ1v) is 6.64. The second-order valence-corrected chi connectivity index (χ2v) is 4.55. The van der Waals surface area contributed by atoms with Gasteiger partial charge in [0.1, 0.15) is 0 Å². The Balaban J connectivity index is 3.61. The van der Waals surface area contributed by atoms with E-state index >= 15 is 0 Å². The highest BCUT2D eigenvalue weighted by Gasteiger charge is 2.08. The molecule has 0 spiro atoms. The molecule has 1 N–H and O–H groups in total. The molecule has 0 aliphatic heterocycles. The molecule has 0 aromatic carbocycles.